The second kappa shape index (κ2) is 7.36. The van der Waals surface area contributed by atoms with Gasteiger partial charge >= 0.3 is 0 Å². The molecule has 0 saturated carbocycles. The summed E-state index contributed by atoms with van der Waals surface area (Å²) >= 11 is 0. The van der Waals surface area contributed by atoms with Gasteiger partial charge in [-0.15, -0.1) is 0 Å². The molecule has 116 valence electrons. The molecule has 2 rings (SSSR count). The Morgan fingerprint density at radius 1 is 1.38 bits per heavy atom. The smallest absolute Gasteiger partial charge is 0.237 e. The lowest BCUT2D eigenvalue weighted by molar-refractivity contribution is -0.123. The van der Waals surface area contributed by atoms with Crippen LogP contribution in [0.1, 0.15) is 33.1 Å². The highest BCUT2D eigenvalue weighted by molar-refractivity contribution is 5.81. The molecule has 3 N–H and O–H groups in total. The van der Waals surface area contributed by atoms with Crippen molar-refractivity contribution in [3.8, 4) is 0 Å². The number of rotatable bonds is 5. The zero-order chi connectivity index (χ0) is 15.2. The number of nitrogens with one attached hydrogen (secondary N) is 1. The number of nitrogens with zero attached hydrogens (tertiary/aromatic N) is 3. The first kappa shape index (κ1) is 15.7. The van der Waals surface area contributed by atoms with Gasteiger partial charge in [0.15, 0.2) is 0 Å². The molecule has 1 fully saturated rings. The Balaban J connectivity index is 1.78. The SMILES string of the molecule is CC(C)C[C@H](N)C(=O)NC1CCN(c2ncccn2)CC1. The average molecular weight is 291 g/mol. The molecule has 1 atom stereocenters. The summed E-state index contributed by atoms with van der Waals surface area (Å²) in [6.07, 6.45) is 6.03. The van der Waals surface area contributed by atoms with Gasteiger partial charge in [-0.1, -0.05) is 13.8 Å². The topological polar surface area (TPSA) is 84.1 Å². The predicted octanol–water partition coefficient (Wildman–Crippen LogP) is 0.935. The van der Waals surface area contributed by atoms with E-state index in [2.05, 4.69) is 34.0 Å². The fraction of sp³-hybridized carbons (Fsp3) is 0.667. The van der Waals surface area contributed by atoms with Gasteiger partial charge in [-0.3, -0.25) is 4.79 Å². The first-order chi connectivity index (χ1) is 10.1. The van der Waals surface area contributed by atoms with Crippen LogP contribution in [-0.2, 0) is 4.79 Å². The molecule has 1 aromatic rings. The minimum Gasteiger partial charge on any atom is -0.352 e. The van der Waals surface area contributed by atoms with Crippen LogP contribution in [0.3, 0.4) is 0 Å². The molecular formula is C15H25N5O. The van der Waals surface area contributed by atoms with E-state index in [0.29, 0.717) is 5.92 Å². The summed E-state index contributed by atoms with van der Waals surface area (Å²) in [5, 5.41) is 3.06. The van der Waals surface area contributed by atoms with E-state index in [0.717, 1.165) is 38.3 Å². The standard InChI is InChI=1S/C15H25N5O/c1-11(2)10-13(16)14(21)19-12-4-8-20(9-5-12)15-17-6-3-7-18-15/h3,6-7,11-13H,4-5,8-10,16H2,1-2H3,(H,19,21)/t13-/m0/s1. The molecule has 1 amide bonds. The molecular weight excluding hydrogens is 266 g/mol. The fourth-order valence-corrected chi connectivity index (χ4v) is 2.60. The minimum atomic E-state index is -0.402. The first-order valence-corrected chi connectivity index (χ1v) is 7.64. The molecule has 21 heavy (non-hydrogen) atoms. The Bertz CT molecular complexity index is 443. The van der Waals surface area contributed by atoms with Crippen LogP contribution in [-0.4, -0.2) is 41.0 Å². The monoisotopic (exact) mass is 291 g/mol. The van der Waals surface area contributed by atoms with Crippen molar-refractivity contribution in [3.63, 3.8) is 0 Å². The highest BCUT2D eigenvalue weighted by atomic mass is 16.2. The number of aromatic nitrogens is 2. The second-order valence-corrected chi connectivity index (χ2v) is 6.05. The van der Waals surface area contributed by atoms with Crippen molar-refractivity contribution in [3.05, 3.63) is 18.5 Å². The van der Waals surface area contributed by atoms with Crippen molar-refractivity contribution in [2.75, 3.05) is 18.0 Å². The molecule has 1 saturated heterocycles. The summed E-state index contributed by atoms with van der Waals surface area (Å²) in [6.45, 7) is 5.86. The average Bonchev–Trinajstić information content (AvgIpc) is 2.48. The van der Waals surface area contributed by atoms with Gasteiger partial charge in [0, 0.05) is 31.5 Å². The lowest BCUT2D eigenvalue weighted by atomic mass is 10.0. The van der Waals surface area contributed by atoms with Crippen molar-refractivity contribution < 1.29 is 4.79 Å². The summed E-state index contributed by atoms with van der Waals surface area (Å²) in [5.41, 5.74) is 5.91. The largest absolute Gasteiger partial charge is 0.352 e. The Morgan fingerprint density at radius 3 is 2.57 bits per heavy atom. The van der Waals surface area contributed by atoms with Crippen molar-refractivity contribution in [2.24, 2.45) is 11.7 Å². The van der Waals surface area contributed by atoms with Crippen LogP contribution in [0.2, 0.25) is 0 Å². The van der Waals surface area contributed by atoms with Crippen molar-refractivity contribution in [1.82, 2.24) is 15.3 Å². The molecule has 6 heteroatoms. The Labute approximate surface area is 126 Å². The van der Waals surface area contributed by atoms with Gasteiger partial charge in [-0.05, 0) is 31.2 Å². The molecule has 0 aliphatic carbocycles. The molecule has 2 heterocycles. The van der Waals surface area contributed by atoms with E-state index in [-0.39, 0.29) is 11.9 Å². The third kappa shape index (κ3) is 4.67. The molecule has 6 nitrogen and oxygen atoms in total. The number of piperidine rings is 1. The first-order valence-electron chi connectivity index (χ1n) is 7.64. The van der Waals surface area contributed by atoms with Crippen molar-refractivity contribution >= 4 is 11.9 Å². The van der Waals surface area contributed by atoms with Crippen LogP contribution in [0.15, 0.2) is 18.5 Å². The third-order valence-electron chi connectivity index (χ3n) is 3.74. The van der Waals surface area contributed by atoms with Crippen molar-refractivity contribution in [2.45, 2.75) is 45.2 Å². The highest BCUT2D eigenvalue weighted by Gasteiger charge is 2.24. The van der Waals surface area contributed by atoms with Gasteiger partial charge in [0.2, 0.25) is 11.9 Å². The van der Waals surface area contributed by atoms with Gasteiger partial charge in [0.1, 0.15) is 0 Å². The summed E-state index contributed by atoms with van der Waals surface area (Å²) in [6, 6.07) is 1.61. The molecule has 0 unspecified atom stereocenters. The van der Waals surface area contributed by atoms with Crippen LogP contribution in [0.5, 0.6) is 0 Å². The van der Waals surface area contributed by atoms with Gasteiger partial charge in [-0.2, -0.15) is 0 Å². The molecule has 1 aromatic heterocycles. The zero-order valence-electron chi connectivity index (χ0n) is 12.8. The maximum absolute atomic E-state index is 12.0. The second-order valence-electron chi connectivity index (χ2n) is 6.05. The van der Waals surface area contributed by atoms with E-state index < -0.39 is 6.04 Å². The summed E-state index contributed by atoms with van der Waals surface area (Å²) in [7, 11) is 0. The number of carbonyl (C=O) groups excluding carboxylic acids is 1. The van der Waals surface area contributed by atoms with Gasteiger partial charge in [-0.25, -0.2) is 9.97 Å². The molecule has 0 aromatic carbocycles. The van der Waals surface area contributed by atoms with Crippen LogP contribution >= 0.6 is 0 Å². The zero-order valence-corrected chi connectivity index (χ0v) is 12.8. The van der Waals surface area contributed by atoms with E-state index in [9.17, 15) is 4.79 Å². The summed E-state index contributed by atoms with van der Waals surface area (Å²) < 4.78 is 0. The molecule has 1 aliphatic rings. The number of nitrogens with two attached hydrogens (primary N) is 1. The Kier molecular flexibility index (Phi) is 5.50. The number of anilines is 1. The molecule has 0 bridgehead atoms. The number of amides is 1. The number of hydrogen-bond acceptors (Lipinski definition) is 5. The van der Waals surface area contributed by atoms with Crippen LogP contribution in [0.4, 0.5) is 5.95 Å². The van der Waals surface area contributed by atoms with E-state index in [1.165, 1.54) is 0 Å². The van der Waals surface area contributed by atoms with E-state index >= 15 is 0 Å². The minimum absolute atomic E-state index is 0.0295. The van der Waals surface area contributed by atoms with Crippen LogP contribution in [0, 0.1) is 5.92 Å². The van der Waals surface area contributed by atoms with E-state index in [1.807, 2.05) is 6.07 Å². The highest BCUT2D eigenvalue weighted by Crippen LogP contribution is 2.15. The number of hydrogen-bond donors (Lipinski definition) is 2. The molecule has 1 aliphatic heterocycles. The van der Waals surface area contributed by atoms with Gasteiger partial charge in [0.05, 0.1) is 6.04 Å². The summed E-state index contributed by atoms with van der Waals surface area (Å²) in [5.74, 6) is 1.17. The van der Waals surface area contributed by atoms with Crippen LogP contribution in [0.25, 0.3) is 0 Å². The summed E-state index contributed by atoms with van der Waals surface area (Å²) in [4.78, 5) is 22.7. The molecule has 0 radical (unpaired) electrons. The third-order valence-corrected chi connectivity index (χ3v) is 3.74. The molecule has 0 spiro atoms. The lowest BCUT2D eigenvalue weighted by Crippen LogP contribution is -2.50. The lowest BCUT2D eigenvalue weighted by Gasteiger charge is -2.32. The Hall–Kier alpha value is -1.69. The van der Waals surface area contributed by atoms with Crippen LogP contribution < -0.4 is 16.0 Å². The van der Waals surface area contributed by atoms with Gasteiger partial charge < -0.3 is 16.0 Å². The van der Waals surface area contributed by atoms with E-state index in [4.69, 9.17) is 5.73 Å². The quantitative estimate of drug-likeness (QED) is 0.843. The van der Waals surface area contributed by atoms with Crippen molar-refractivity contribution in [1.29, 1.82) is 0 Å². The normalized spacial score (nSPS) is 17.8. The Morgan fingerprint density at radius 2 is 2.00 bits per heavy atom. The predicted molar refractivity (Wildman–Crippen MR) is 82.8 cm³/mol. The number of carbonyl (C=O) groups is 1. The fourth-order valence-electron chi connectivity index (χ4n) is 2.60. The van der Waals surface area contributed by atoms with Gasteiger partial charge in [0.25, 0.3) is 0 Å². The maximum Gasteiger partial charge on any atom is 0.237 e. The van der Waals surface area contributed by atoms with E-state index in [1.54, 1.807) is 12.4 Å². The maximum atomic E-state index is 12.0.